The monoisotopic (exact) mass is 424 g/mol. The highest BCUT2D eigenvalue weighted by molar-refractivity contribution is 5.97. The highest BCUT2D eigenvalue weighted by Crippen LogP contribution is 2.22. The summed E-state index contributed by atoms with van der Waals surface area (Å²) >= 11 is 0. The minimum atomic E-state index is 0.0271. The van der Waals surface area contributed by atoms with Crippen LogP contribution in [0.1, 0.15) is 21.7 Å². The molecule has 0 unspecified atom stereocenters. The van der Waals surface area contributed by atoms with E-state index in [9.17, 15) is 4.79 Å². The van der Waals surface area contributed by atoms with Gasteiger partial charge in [0.25, 0.3) is 5.91 Å². The van der Waals surface area contributed by atoms with Crippen LogP contribution >= 0.6 is 0 Å². The third kappa shape index (κ3) is 3.89. The smallest absolute Gasteiger partial charge is 0.254 e. The molecular formula is C25H24N6O. The third-order valence-corrected chi connectivity index (χ3v) is 5.94. The first-order chi connectivity index (χ1) is 15.6. The van der Waals surface area contributed by atoms with Gasteiger partial charge in [0.15, 0.2) is 0 Å². The predicted molar refractivity (Wildman–Crippen MR) is 125 cm³/mol. The first-order valence-corrected chi connectivity index (χ1v) is 10.8. The van der Waals surface area contributed by atoms with Crippen LogP contribution in [0.5, 0.6) is 0 Å². The number of anilines is 1. The average Bonchev–Trinajstić information content (AvgIpc) is 2.85. The Balaban J connectivity index is 1.29. The van der Waals surface area contributed by atoms with Crippen LogP contribution in [0.2, 0.25) is 0 Å². The van der Waals surface area contributed by atoms with Crippen molar-refractivity contribution in [2.45, 2.75) is 13.8 Å². The second kappa shape index (κ2) is 8.34. The summed E-state index contributed by atoms with van der Waals surface area (Å²) < 4.78 is 0. The number of aromatic nitrogens is 4. The average molecular weight is 425 g/mol. The molecule has 32 heavy (non-hydrogen) atoms. The van der Waals surface area contributed by atoms with Gasteiger partial charge in [0.2, 0.25) is 0 Å². The molecule has 1 fully saturated rings. The van der Waals surface area contributed by atoms with Crippen molar-refractivity contribution >= 4 is 22.8 Å². The van der Waals surface area contributed by atoms with Gasteiger partial charge in [0, 0.05) is 43.4 Å². The van der Waals surface area contributed by atoms with Gasteiger partial charge in [-0.1, -0.05) is 30.3 Å². The molecule has 7 heteroatoms. The van der Waals surface area contributed by atoms with Crippen molar-refractivity contribution in [2.24, 2.45) is 0 Å². The Morgan fingerprint density at radius 3 is 2.28 bits per heavy atom. The molecule has 1 saturated heterocycles. The van der Waals surface area contributed by atoms with E-state index < -0.39 is 0 Å². The molecule has 1 amide bonds. The summed E-state index contributed by atoms with van der Waals surface area (Å²) in [4.78, 5) is 35.2. The van der Waals surface area contributed by atoms with Crippen LogP contribution in [0.25, 0.3) is 22.3 Å². The molecule has 2 aromatic heterocycles. The number of amides is 1. The fraction of sp³-hybridized carbons (Fsp3) is 0.240. The van der Waals surface area contributed by atoms with Crippen molar-refractivity contribution in [3.63, 3.8) is 0 Å². The number of aryl methyl sites for hydroxylation is 2. The minimum Gasteiger partial charge on any atom is -0.353 e. The molecule has 0 aliphatic carbocycles. The van der Waals surface area contributed by atoms with E-state index in [2.05, 4.69) is 24.8 Å². The summed E-state index contributed by atoms with van der Waals surface area (Å²) in [6.07, 6.45) is 1.61. The number of nitrogens with zero attached hydrogens (tertiary/aromatic N) is 6. The standard InChI is InChI=1S/C25H24N6O/c1-17-18(2)29-23-14-20(8-9-21(23)28-17)25(32)31-12-10-30(11-13-31)24-15-22(26-16-27-24)19-6-4-3-5-7-19/h3-9,14-16H,10-13H2,1-2H3. The molecule has 160 valence electrons. The number of hydrogen-bond acceptors (Lipinski definition) is 6. The maximum Gasteiger partial charge on any atom is 0.254 e. The molecule has 4 aromatic rings. The Bertz CT molecular complexity index is 1280. The van der Waals surface area contributed by atoms with Gasteiger partial charge >= 0.3 is 0 Å². The molecule has 7 nitrogen and oxygen atoms in total. The van der Waals surface area contributed by atoms with Gasteiger partial charge in [-0.15, -0.1) is 0 Å². The first kappa shape index (κ1) is 20.1. The normalized spacial score (nSPS) is 14.1. The topological polar surface area (TPSA) is 75.1 Å². The third-order valence-electron chi connectivity index (χ3n) is 5.94. The van der Waals surface area contributed by atoms with E-state index in [1.807, 2.05) is 73.3 Å². The molecule has 0 radical (unpaired) electrons. The van der Waals surface area contributed by atoms with Crippen LogP contribution in [0, 0.1) is 13.8 Å². The number of fused-ring (bicyclic) bond motifs is 1. The Labute approximate surface area is 186 Å². The highest BCUT2D eigenvalue weighted by atomic mass is 16.2. The molecule has 5 rings (SSSR count). The summed E-state index contributed by atoms with van der Waals surface area (Å²) in [7, 11) is 0. The van der Waals surface area contributed by atoms with Gasteiger partial charge in [-0.3, -0.25) is 4.79 Å². The van der Waals surface area contributed by atoms with Crippen LogP contribution in [0.3, 0.4) is 0 Å². The van der Waals surface area contributed by atoms with E-state index in [0.717, 1.165) is 52.6 Å². The zero-order chi connectivity index (χ0) is 22.1. The van der Waals surface area contributed by atoms with Crippen molar-refractivity contribution in [3.05, 3.63) is 77.9 Å². The van der Waals surface area contributed by atoms with E-state index in [1.165, 1.54) is 0 Å². The first-order valence-electron chi connectivity index (χ1n) is 10.8. The number of carbonyl (C=O) groups excluding carboxylic acids is 1. The largest absolute Gasteiger partial charge is 0.353 e. The zero-order valence-corrected chi connectivity index (χ0v) is 18.2. The van der Waals surface area contributed by atoms with Crippen LogP contribution in [-0.4, -0.2) is 56.9 Å². The van der Waals surface area contributed by atoms with Gasteiger partial charge in [-0.2, -0.15) is 0 Å². The fourth-order valence-electron chi connectivity index (χ4n) is 3.97. The van der Waals surface area contributed by atoms with Gasteiger partial charge in [-0.25, -0.2) is 19.9 Å². The number of carbonyl (C=O) groups is 1. The quantitative estimate of drug-likeness (QED) is 0.500. The fourth-order valence-corrected chi connectivity index (χ4v) is 3.97. The molecule has 0 bridgehead atoms. The maximum atomic E-state index is 13.1. The molecule has 1 aliphatic rings. The molecule has 3 heterocycles. The van der Waals surface area contributed by atoms with Gasteiger partial charge < -0.3 is 9.80 Å². The Morgan fingerprint density at radius 1 is 0.812 bits per heavy atom. The number of piperazine rings is 1. The molecule has 1 aliphatic heterocycles. The van der Waals surface area contributed by atoms with E-state index in [4.69, 9.17) is 0 Å². The summed E-state index contributed by atoms with van der Waals surface area (Å²) in [6.45, 7) is 6.61. The summed E-state index contributed by atoms with van der Waals surface area (Å²) in [6, 6.07) is 17.7. The summed E-state index contributed by atoms with van der Waals surface area (Å²) in [5.41, 5.74) is 5.98. The zero-order valence-electron chi connectivity index (χ0n) is 18.2. The van der Waals surface area contributed by atoms with E-state index in [1.54, 1.807) is 6.33 Å². The van der Waals surface area contributed by atoms with Crippen molar-refractivity contribution in [1.82, 2.24) is 24.8 Å². The molecule has 2 aromatic carbocycles. The minimum absolute atomic E-state index is 0.0271. The lowest BCUT2D eigenvalue weighted by molar-refractivity contribution is 0.0746. The Hall–Kier alpha value is -3.87. The second-order valence-corrected chi connectivity index (χ2v) is 8.00. The number of rotatable bonds is 3. The highest BCUT2D eigenvalue weighted by Gasteiger charge is 2.23. The Morgan fingerprint density at radius 2 is 1.53 bits per heavy atom. The molecular weight excluding hydrogens is 400 g/mol. The lowest BCUT2D eigenvalue weighted by atomic mass is 10.1. The molecule has 0 saturated carbocycles. The van der Waals surface area contributed by atoms with Crippen LogP contribution in [-0.2, 0) is 0 Å². The van der Waals surface area contributed by atoms with E-state index in [-0.39, 0.29) is 5.91 Å². The van der Waals surface area contributed by atoms with Crippen LogP contribution < -0.4 is 4.90 Å². The molecule has 0 atom stereocenters. The van der Waals surface area contributed by atoms with Gasteiger partial charge in [0.05, 0.1) is 28.1 Å². The van der Waals surface area contributed by atoms with Crippen molar-refractivity contribution in [1.29, 1.82) is 0 Å². The van der Waals surface area contributed by atoms with Crippen LogP contribution in [0.15, 0.2) is 60.9 Å². The van der Waals surface area contributed by atoms with Crippen molar-refractivity contribution in [3.8, 4) is 11.3 Å². The van der Waals surface area contributed by atoms with Crippen molar-refractivity contribution < 1.29 is 4.79 Å². The summed E-state index contributed by atoms with van der Waals surface area (Å²) in [5.74, 6) is 0.914. The summed E-state index contributed by atoms with van der Waals surface area (Å²) in [5, 5.41) is 0. The van der Waals surface area contributed by atoms with Gasteiger partial charge in [0.1, 0.15) is 12.1 Å². The van der Waals surface area contributed by atoms with Crippen molar-refractivity contribution in [2.75, 3.05) is 31.1 Å². The Kier molecular flexibility index (Phi) is 5.23. The van der Waals surface area contributed by atoms with E-state index >= 15 is 0 Å². The number of benzene rings is 2. The predicted octanol–water partition coefficient (Wildman–Crippen LogP) is 3.67. The van der Waals surface area contributed by atoms with E-state index in [0.29, 0.717) is 18.7 Å². The van der Waals surface area contributed by atoms with Crippen LogP contribution in [0.4, 0.5) is 5.82 Å². The maximum absolute atomic E-state index is 13.1. The number of hydrogen-bond donors (Lipinski definition) is 0. The SMILES string of the molecule is Cc1nc2ccc(C(=O)N3CCN(c4cc(-c5ccccc5)ncn4)CC3)cc2nc1C. The lowest BCUT2D eigenvalue weighted by Crippen LogP contribution is -2.49. The second-order valence-electron chi connectivity index (χ2n) is 8.00. The molecule has 0 spiro atoms. The lowest BCUT2D eigenvalue weighted by Gasteiger charge is -2.35. The van der Waals surface area contributed by atoms with Gasteiger partial charge in [-0.05, 0) is 32.0 Å². The molecule has 0 N–H and O–H groups in total.